The zero-order valence-electron chi connectivity index (χ0n) is 31.7. The SMILES string of the molecule is Cc1cc2c(cc1C(C)(C)C)-c1cc(C(C)(C)C)c(C)[c]([Zr]([C]3=CC=CC3)=[C](c3ccc(C(C)C)cc3)c3ccc(C(C)C)cc3)c1C2. The quantitative estimate of drug-likeness (QED) is 0.164. The minimum absolute atomic E-state index is 0.0444. The maximum atomic E-state index is 2.60. The molecule has 0 aliphatic heterocycles. The first-order chi connectivity index (χ1) is 22.6. The predicted octanol–water partition coefficient (Wildman–Crippen LogP) is 12.1. The molecule has 0 fully saturated rings. The van der Waals surface area contributed by atoms with E-state index in [0.29, 0.717) is 11.8 Å². The topological polar surface area (TPSA) is 0 Å². The van der Waals surface area contributed by atoms with E-state index in [4.69, 9.17) is 0 Å². The normalized spacial score (nSPS) is 14.1. The van der Waals surface area contributed by atoms with Crippen molar-refractivity contribution >= 4 is 6.48 Å². The van der Waals surface area contributed by atoms with Crippen molar-refractivity contribution in [2.75, 3.05) is 0 Å². The molecule has 48 heavy (non-hydrogen) atoms. The first-order valence-electron chi connectivity index (χ1n) is 18.2. The Hall–Kier alpha value is -2.89. The van der Waals surface area contributed by atoms with Gasteiger partial charge in [0.25, 0.3) is 0 Å². The number of hydrogen-bond donors (Lipinski definition) is 0. The summed E-state index contributed by atoms with van der Waals surface area (Å²) < 4.78 is 5.03. The van der Waals surface area contributed by atoms with Crippen molar-refractivity contribution in [2.45, 2.75) is 119 Å². The number of benzene rings is 4. The molecular formula is C47H56Zr. The van der Waals surface area contributed by atoms with Crippen LogP contribution >= 0.6 is 0 Å². The number of hydrogen-bond acceptors (Lipinski definition) is 0. The Balaban J connectivity index is 1.75. The molecule has 0 unspecified atom stereocenters. The molecule has 0 saturated heterocycles. The molecule has 0 bridgehead atoms. The van der Waals surface area contributed by atoms with Gasteiger partial charge < -0.3 is 0 Å². The second-order valence-electron chi connectivity index (χ2n) is 17.1. The molecule has 0 spiro atoms. The molecule has 0 heterocycles. The van der Waals surface area contributed by atoms with E-state index < -0.39 is 21.3 Å². The van der Waals surface area contributed by atoms with Gasteiger partial charge in [-0.2, -0.15) is 0 Å². The van der Waals surface area contributed by atoms with Crippen LogP contribution in [0.1, 0.15) is 143 Å². The van der Waals surface area contributed by atoms with Gasteiger partial charge in [-0.15, -0.1) is 0 Å². The van der Waals surface area contributed by atoms with Crippen LogP contribution in [0.5, 0.6) is 0 Å². The van der Waals surface area contributed by atoms with Gasteiger partial charge in [0.2, 0.25) is 0 Å². The summed E-state index contributed by atoms with van der Waals surface area (Å²) >= 11 is -2.82. The fraction of sp³-hybridized carbons (Fsp3) is 0.383. The molecule has 0 saturated carbocycles. The van der Waals surface area contributed by atoms with Crippen molar-refractivity contribution in [2.24, 2.45) is 0 Å². The molecule has 1 heteroatoms. The van der Waals surface area contributed by atoms with Crippen LogP contribution < -0.4 is 3.27 Å². The van der Waals surface area contributed by atoms with Crippen LogP contribution in [0.25, 0.3) is 11.1 Å². The third kappa shape index (κ3) is 6.54. The summed E-state index contributed by atoms with van der Waals surface area (Å²) in [6.07, 6.45) is 9.33. The Morgan fingerprint density at radius 2 is 1.19 bits per heavy atom. The van der Waals surface area contributed by atoms with Crippen molar-refractivity contribution in [3.05, 3.63) is 144 Å². The predicted molar refractivity (Wildman–Crippen MR) is 207 cm³/mol. The van der Waals surface area contributed by atoms with Gasteiger partial charge in [-0.25, -0.2) is 0 Å². The zero-order valence-corrected chi connectivity index (χ0v) is 34.1. The Morgan fingerprint density at radius 3 is 1.65 bits per heavy atom. The van der Waals surface area contributed by atoms with Gasteiger partial charge in [-0.05, 0) is 0 Å². The van der Waals surface area contributed by atoms with Gasteiger partial charge in [0.15, 0.2) is 0 Å². The molecule has 6 rings (SSSR count). The van der Waals surface area contributed by atoms with Gasteiger partial charge >= 0.3 is 301 Å². The summed E-state index contributed by atoms with van der Waals surface area (Å²) in [7, 11) is 0. The Bertz CT molecular complexity index is 1900. The van der Waals surface area contributed by atoms with E-state index in [9.17, 15) is 0 Å². The molecule has 2 aliphatic carbocycles. The van der Waals surface area contributed by atoms with E-state index in [1.165, 1.54) is 55.6 Å². The summed E-state index contributed by atoms with van der Waals surface area (Å²) in [5.74, 6) is 1.03. The summed E-state index contributed by atoms with van der Waals surface area (Å²) in [6.45, 7) is 28.3. The molecule has 4 aromatic carbocycles. The fourth-order valence-corrected chi connectivity index (χ4v) is 16.6. The second-order valence-corrected chi connectivity index (χ2v) is 23.0. The first kappa shape index (κ1) is 35.0. The number of rotatable bonds is 6. The standard InChI is InChI=1S/C23H29.C19H22.C5H5.Zr/c1-14-9-16-11-17-10-15(2)21(23(6,7)8)13-19(17)18(16)12-20(14)22(3,4)5;1-14(2)18-9-5-16(6-10-18)13-17-7-11-19(12-8-17)15(3)4;1-2-4-5-3-1;/h9,12-13H,11H2,1-8H3;5-12,14-15H,1-4H3;1-3H,4H2;. The van der Waals surface area contributed by atoms with Crippen molar-refractivity contribution < 1.29 is 21.3 Å². The van der Waals surface area contributed by atoms with Gasteiger partial charge in [-0.3, -0.25) is 0 Å². The van der Waals surface area contributed by atoms with Crippen LogP contribution in [-0.4, -0.2) is 3.21 Å². The second kappa shape index (κ2) is 13.1. The van der Waals surface area contributed by atoms with Crippen molar-refractivity contribution in [1.29, 1.82) is 0 Å². The average Bonchev–Trinajstić information content (AvgIpc) is 3.66. The third-order valence-electron chi connectivity index (χ3n) is 10.7. The molecule has 0 atom stereocenters. The molecule has 248 valence electrons. The Morgan fingerprint density at radius 1 is 0.667 bits per heavy atom. The third-order valence-corrected chi connectivity index (χ3v) is 18.8. The van der Waals surface area contributed by atoms with Crippen molar-refractivity contribution in [3.8, 4) is 11.1 Å². The maximum absolute atomic E-state index is 2.82. The van der Waals surface area contributed by atoms with E-state index in [1.807, 2.05) is 0 Å². The minimum atomic E-state index is -2.82. The number of aryl methyl sites for hydroxylation is 1. The summed E-state index contributed by atoms with van der Waals surface area (Å²) in [6, 6.07) is 27.0. The van der Waals surface area contributed by atoms with E-state index in [0.717, 1.165) is 12.8 Å². The molecule has 0 amide bonds. The fourth-order valence-electron chi connectivity index (χ4n) is 8.14. The van der Waals surface area contributed by atoms with Crippen LogP contribution in [0.3, 0.4) is 0 Å². The van der Waals surface area contributed by atoms with Crippen LogP contribution in [0.4, 0.5) is 0 Å². The molecule has 0 radical (unpaired) electrons. The summed E-state index contributed by atoms with van der Waals surface area (Å²) in [5, 5.41) is 0. The van der Waals surface area contributed by atoms with Gasteiger partial charge in [0.1, 0.15) is 0 Å². The molecule has 0 aromatic heterocycles. The van der Waals surface area contributed by atoms with Crippen LogP contribution in [-0.2, 0) is 38.5 Å². The summed E-state index contributed by atoms with van der Waals surface area (Å²) in [5.41, 5.74) is 17.8. The Labute approximate surface area is 299 Å². The van der Waals surface area contributed by atoms with Crippen LogP contribution in [0.2, 0.25) is 0 Å². The number of allylic oxidation sites excluding steroid dienone is 4. The van der Waals surface area contributed by atoms with Gasteiger partial charge in [0.05, 0.1) is 0 Å². The zero-order chi connectivity index (χ0) is 34.7. The molecular weight excluding hydrogens is 656 g/mol. The van der Waals surface area contributed by atoms with Crippen molar-refractivity contribution in [3.63, 3.8) is 0 Å². The Kier molecular flexibility index (Phi) is 9.54. The van der Waals surface area contributed by atoms with Gasteiger partial charge in [0, 0.05) is 0 Å². The van der Waals surface area contributed by atoms with E-state index in [1.54, 1.807) is 20.9 Å². The molecule has 0 nitrogen and oxygen atoms in total. The van der Waals surface area contributed by atoms with E-state index >= 15 is 0 Å². The van der Waals surface area contributed by atoms with Gasteiger partial charge in [-0.1, -0.05) is 0 Å². The van der Waals surface area contributed by atoms with E-state index in [2.05, 4.69) is 168 Å². The monoisotopic (exact) mass is 710 g/mol. The molecule has 0 N–H and O–H groups in total. The van der Waals surface area contributed by atoms with Crippen LogP contribution in [0, 0.1) is 13.8 Å². The average molecular weight is 712 g/mol. The number of fused-ring (bicyclic) bond motifs is 3. The molecule has 2 aliphatic rings. The molecule has 4 aromatic rings. The van der Waals surface area contributed by atoms with Crippen molar-refractivity contribution in [1.82, 2.24) is 0 Å². The summed E-state index contributed by atoms with van der Waals surface area (Å²) in [4.78, 5) is 0. The first-order valence-corrected chi connectivity index (χ1v) is 21.9. The van der Waals surface area contributed by atoms with Crippen LogP contribution in [0.15, 0.2) is 88.2 Å². The van der Waals surface area contributed by atoms with E-state index in [-0.39, 0.29) is 10.8 Å².